The molecule has 0 N–H and O–H groups in total. The normalized spacial score (nSPS) is 11.4. The molecular formula is C23H21NO8. The van der Waals surface area contributed by atoms with Crippen molar-refractivity contribution in [2.45, 2.75) is 12.8 Å². The summed E-state index contributed by atoms with van der Waals surface area (Å²) in [6.45, 7) is 0.983. The van der Waals surface area contributed by atoms with Gasteiger partial charge in [0.1, 0.15) is 24.7 Å². The van der Waals surface area contributed by atoms with Crippen LogP contribution in [0, 0.1) is 10.1 Å². The zero-order chi connectivity index (χ0) is 23.1. The minimum absolute atomic E-state index is 0.192. The van der Waals surface area contributed by atoms with Crippen LogP contribution in [0.4, 0.5) is 0 Å². The van der Waals surface area contributed by atoms with E-state index in [-0.39, 0.29) is 18.8 Å². The van der Waals surface area contributed by atoms with E-state index in [1.54, 1.807) is 61.5 Å². The second-order valence-electron chi connectivity index (χ2n) is 6.80. The van der Waals surface area contributed by atoms with Gasteiger partial charge < -0.3 is 19.0 Å². The third-order valence-corrected chi connectivity index (χ3v) is 4.73. The fourth-order valence-electron chi connectivity index (χ4n) is 3.06. The average molecular weight is 439 g/mol. The first kappa shape index (κ1) is 22.5. The summed E-state index contributed by atoms with van der Waals surface area (Å²) in [6, 6.07) is 17.2. The number of ether oxygens (including phenoxy) is 3. The molecule has 0 bridgehead atoms. The highest BCUT2D eigenvalue weighted by molar-refractivity contribution is 6.05. The van der Waals surface area contributed by atoms with Gasteiger partial charge in [-0.1, -0.05) is 30.3 Å². The van der Waals surface area contributed by atoms with E-state index in [9.17, 15) is 19.7 Å². The van der Waals surface area contributed by atoms with Crippen molar-refractivity contribution in [2.75, 3.05) is 20.3 Å². The number of esters is 2. The number of carbonyl (C=O) groups is 2. The van der Waals surface area contributed by atoms with Crippen LogP contribution in [-0.4, -0.2) is 37.3 Å². The SMILES string of the molecule is COc1ccc2cc([C@H](C)C(=O)Oc3ccccc3)cc(C(=O)OCCO[N+](=O)[O-])c2c1. The Bertz CT molecular complexity index is 1130. The molecule has 3 aromatic carbocycles. The summed E-state index contributed by atoms with van der Waals surface area (Å²) < 4.78 is 15.8. The maximum absolute atomic E-state index is 12.7. The molecule has 3 aromatic rings. The van der Waals surface area contributed by atoms with E-state index in [4.69, 9.17) is 14.2 Å². The lowest BCUT2D eigenvalue weighted by molar-refractivity contribution is -0.757. The molecule has 0 amide bonds. The third kappa shape index (κ3) is 5.51. The first-order chi connectivity index (χ1) is 15.4. The van der Waals surface area contributed by atoms with Gasteiger partial charge in [0, 0.05) is 0 Å². The Balaban J connectivity index is 1.90. The smallest absolute Gasteiger partial charge is 0.338 e. The van der Waals surface area contributed by atoms with Gasteiger partial charge in [-0.05, 0) is 53.6 Å². The molecule has 0 saturated heterocycles. The van der Waals surface area contributed by atoms with E-state index in [1.807, 2.05) is 6.07 Å². The molecule has 0 aromatic heterocycles. The maximum Gasteiger partial charge on any atom is 0.338 e. The molecule has 0 fully saturated rings. The molecule has 0 heterocycles. The number of benzene rings is 3. The number of para-hydroxylation sites is 1. The lowest BCUT2D eigenvalue weighted by Gasteiger charge is -2.15. The van der Waals surface area contributed by atoms with Gasteiger partial charge in [-0.2, -0.15) is 0 Å². The largest absolute Gasteiger partial charge is 0.497 e. The summed E-state index contributed by atoms with van der Waals surface area (Å²) in [4.78, 5) is 39.8. The van der Waals surface area contributed by atoms with Gasteiger partial charge in [0.25, 0.3) is 5.09 Å². The van der Waals surface area contributed by atoms with E-state index in [1.165, 1.54) is 7.11 Å². The Morgan fingerprint density at radius 3 is 2.44 bits per heavy atom. The minimum atomic E-state index is -0.964. The van der Waals surface area contributed by atoms with Crippen molar-refractivity contribution in [3.8, 4) is 11.5 Å². The number of rotatable bonds is 9. The molecule has 9 heteroatoms. The van der Waals surface area contributed by atoms with Crippen molar-refractivity contribution in [3.63, 3.8) is 0 Å². The standard InChI is InChI=1S/C23H21NO8/c1-15(22(25)32-18-6-4-3-5-7-18)17-12-16-8-9-19(29-2)14-20(16)21(13-17)23(26)30-10-11-31-24(27)28/h3-9,12-15H,10-11H2,1-2H3/t15-/m0/s1. The van der Waals surface area contributed by atoms with E-state index in [0.29, 0.717) is 27.8 Å². The van der Waals surface area contributed by atoms with Gasteiger partial charge in [-0.3, -0.25) is 4.79 Å². The van der Waals surface area contributed by atoms with Gasteiger partial charge in [0.05, 0.1) is 18.6 Å². The molecule has 1 atom stereocenters. The van der Waals surface area contributed by atoms with Crippen molar-refractivity contribution >= 4 is 22.7 Å². The first-order valence-corrected chi connectivity index (χ1v) is 9.72. The molecule has 0 aliphatic rings. The molecule has 0 radical (unpaired) electrons. The van der Waals surface area contributed by atoms with Crippen molar-refractivity contribution in [1.29, 1.82) is 0 Å². The lowest BCUT2D eigenvalue weighted by atomic mass is 9.94. The van der Waals surface area contributed by atoms with Gasteiger partial charge >= 0.3 is 11.9 Å². The zero-order valence-electron chi connectivity index (χ0n) is 17.5. The van der Waals surface area contributed by atoms with Crippen molar-refractivity contribution in [1.82, 2.24) is 0 Å². The predicted octanol–water partition coefficient (Wildman–Crippen LogP) is 3.92. The summed E-state index contributed by atoms with van der Waals surface area (Å²) in [7, 11) is 1.50. The molecule has 0 spiro atoms. The summed E-state index contributed by atoms with van der Waals surface area (Å²) in [5.41, 5.74) is 0.744. The van der Waals surface area contributed by atoms with Crippen molar-refractivity contribution < 1.29 is 33.7 Å². The summed E-state index contributed by atoms with van der Waals surface area (Å²) >= 11 is 0. The highest BCUT2D eigenvalue weighted by Gasteiger charge is 2.22. The second kappa shape index (κ2) is 10.3. The van der Waals surface area contributed by atoms with Crippen LogP contribution >= 0.6 is 0 Å². The van der Waals surface area contributed by atoms with Gasteiger partial charge in [-0.15, -0.1) is 10.1 Å². The molecule has 3 rings (SSSR count). The summed E-state index contributed by atoms with van der Waals surface area (Å²) in [5, 5.41) is 10.5. The van der Waals surface area contributed by atoms with E-state index in [2.05, 4.69) is 4.84 Å². The molecule has 0 unspecified atom stereocenters. The molecular weight excluding hydrogens is 418 g/mol. The lowest BCUT2D eigenvalue weighted by Crippen LogP contribution is -2.17. The van der Waals surface area contributed by atoms with Crippen LogP contribution in [0.15, 0.2) is 60.7 Å². The fourth-order valence-corrected chi connectivity index (χ4v) is 3.06. The van der Waals surface area contributed by atoms with E-state index < -0.39 is 22.9 Å². The van der Waals surface area contributed by atoms with Gasteiger partial charge in [0.15, 0.2) is 0 Å². The Hall–Kier alpha value is -4.14. The molecule has 9 nitrogen and oxygen atoms in total. The number of carbonyl (C=O) groups excluding carboxylic acids is 2. The number of hydrogen-bond donors (Lipinski definition) is 0. The predicted molar refractivity (Wildman–Crippen MR) is 114 cm³/mol. The number of fused-ring (bicyclic) bond motifs is 1. The maximum atomic E-state index is 12.7. The van der Waals surface area contributed by atoms with Gasteiger partial charge in [0.2, 0.25) is 0 Å². The zero-order valence-corrected chi connectivity index (χ0v) is 17.5. The summed E-state index contributed by atoms with van der Waals surface area (Å²) in [5.74, 6) is -0.915. The van der Waals surface area contributed by atoms with E-state index >= 15 is 0 Å². The highest BCUT2D eigenvalue weighted by atomic mass is 17.0. The number of nitrogens with zero attached hydrogens (tertiary/aromatic N) is 1. The van der Waals surface area contributed by atoms with Crippen molar-refractivity contribution in [2.24, 2.45) is 0 Å². The third-order valence-electron chi connectivity index (χ3n) is 4.73. The van der Waals surface area contributed by atoms with Crippen LogP contribution in [0.3, 0.4) is 0 Å². The van der Waals surface area contributed by atoms with Gasteiger partial charge in [-0.25, -0.2) is 4.79 Å². The van der Waals surface area contributed by atoms with Crippen LogP contribution in [0.5, 0.6) is 11.5 Å². The Morgan fingerprint density at radius 1 is 1.00 bits per heavy atom. The Labute approximate surface area is 183 Å². The van der Waals surface area contributed by atoms with E-state index in [0.717, 1.165) is 0 Å². The van der Waals surface area contributed by atoms with Crippen LogP contribution in [0.25, 0.3) is 10.8 Å². The van der Waals surface area contributed by atoms with Crippen molar-refractivity contribution in [3.05, 3.63) is 81.9 Å². The quantitative estimate of drug-likeness (QED) is 0.162. The topological polar surface area (TPSA) is 114 Å². The van der Waals surface area contributed by atoms with Crippen LogP contribution in [0.1, 0.15) is 28.8 Å². The van der Waals surface area contributed by atoms with Crippen LogP contribution in [0.2, 0.25) is 0 Å². The molecule has 0 aliphatic heterocycles. The minimum Gasteiger partial charge on any atom is -0.497 e. The fraction of sp³-hybridized carbons (Fsp3) is 0.217. The average Bonchev–Trinajstić information content (AvgIpc) is 2.80. The number of methoxy groups -OCH3 is 1. The molecule has 166 valence electrons. The second-order valence-corrected chi connectivity index (χ2v) is 6.80. The monoisotopic (exact) mass is 439 g/mol. The molecule has 0 saturated carbocycles. The number of hydrogen-bond acceptors (Lipinski definition) is 8. The van der Waals surface area contributed by atoms with Crippen LogP contribution in [-0.2, 0) is 14.4 Å². The Morgan fingerprint density at radius 2 is 1.75 bits per heavy atom. The Kier molecular flexibility index (Phi) is 7.22. The molecule has 32 heavy (non-hydrogen) atoms. The highest BCUT2D eigenvalue weighted by Crippen LogP contribution is 2.30. The van der Waals surface area contributed by atoms with Crippen LogP contribution < -0.4 is 9.47 Å². The first-order valence-electron chi connectivity index (χ1n) is 9.72. The summed E-state index contributed by atoms with van der Waals surface area (Å²) in [6.07, 6.45) is 0. The molecule has 0 aliphatic carbocycles.